The quantitative estimate of drug-likeness (QED) is 0.319. The van der Waals surface area contributed by atoms with Crippen LogP contribution in [0.4, 0.5) is 15.8 Å². The molecule has 3 aromatic rings. The van der Waals surface area contributed by atoms with Crippen molar-refractivity contribution in [1.82, 2.24) is 10.3 Å². The van der Waals surface area contributed by atoms with Crippen LogP contribution in [0.2, 0.25) is 5.02 Å². The molecule has 0 atom stereocenters. The molecule has 2 aromatic carbocycles. The number of rotatable bonds is 6. The van der Waals surface area contributed by atoms with Crippen molar-refractivity contribution in [2.24, 2.45) is 0 Å². The Labute approximate surface area is 175 Å². The molecule has 0 radical (unpaired) electrons. The fraction of sp³-hybridized carbons (Fsp3) is 0.0526. The maximum atomic E-state index is 13.4. The number of nitro benzene ring substituents is 1. The number of anilines is 1. The van der Waals surface area contributed by atoms with E-state index in [2.05, 4.69) is 15.6 Å². The topological polar surface area (TPSA) is 89.3 Å². The first-order valence-electron chi connectivity index (χ1n) is 8.28. The van der Waals surface area contributed by atoms with E-state index in [1.807, 2.05) is 0 Å². The second-order valence-corrected chi connectivity index (χ2v) is 6.57. The number of pyridine rings is 1. The molecule has 10 heteroatoms. The van der Waals surface area contributed by atoms with E-state index in [0.717, 1.165) is 0 Å². The predicted molar refractivity (Wildman–Crippen MR) is 112 cm³/mol. The number of nitrogens with zero attached hydrogens (tertiary/aromatic N) is 2. The summed E-state index contributed by atoms with van der Waals surface area (Å²) in [6, 6.07) is 13.2. The van der Waals surface area contributed by atoms with Crippen LogP contribution in [0.1, 0.15) is 5.56 Å². The Morgan fingerprint density at radius 2 is 2.07 bits per heavy atom. The highest BCUT2D eigenvalue weighted by molar-refractivity contribution is 7.80. The number of thiocarbonyl (C=S) groups is 1. The lowest BCUT2D eigenvalue weighted by Gasteiger charge is -2.14. The number of benzene rings is 2. The van der Waals surface area contributed by atoms with Gasteiger partial charge in [0, 0.05) is 36.5 Å². The molecule has 0 aliphatic heterocycles. The highest BCUT2D eigenvalue weighted by Crippen LogP contribution is 2.27. The summed E-state index contributed by atoms with van der Waals surface area (Å²) in [5.41, 5.74) is 0.865. The molecule has 1 heterocycles. The Balaban J connectivity index is 1.67. The third-order valence-electron chi connectivity index (χ3n) is 3.71. The number of ether oxygens (including phenoxy) is 1. The van der Waals surface area contributed by atoms with E-state index in [1.54, 1.807) is 24.4 Å². The van der Waals surface area contributed by atoms with Gasteiger partial charge in [-0.3, -0.25) is 10.1 Å². The van der Waals surface area contributed by atoms with Crippen LogP contribution in [0.25, 0.3) is 0 Å². The van der Waals surface area contributed by atoms with Gasteiger partial charge in [0.25, 0.3) is 5.69 Å². The fourth-order valence-corrected chi connectivity index (χ4v) is 2.70. The van der Waals surface area contributed by atoms with E-state index in [1.165, 1.54) is 36.4 Å². The van der Waals surface area contributed by atoms with E-state index in [9.17, 15) is 14.5 Å². The van der Waals surface area contributed by atoms with Gasteiger partial charge in [-0.05, 0) is 36.5 Å². The Morgan fingerprint density at radius 3 is 2.83 bits per heavy atom. The summed E-state index contributed by atoms with van der Waals surface area (Å²) in [4.78, 5) is 14.6. The van der Waals surface area contributed by atoms with Gasteiger partial charge in [-0.1, -0.05) is 23.7 Å². The maximum Gasteiger partial charge on any atom is 0.271 e. The Morgan fingerprint density at radius 1 is 1.24 bits per heavy atom. The minimum absolute atomic E-state index is 0.113. The van der Waals surface area contributed by atoms with Crippen LogP contribution in [0.15, 0.2) is 60.8 Å². The number of halogens is 2. The van der Waals surface area contributed by atoms with Crippen molar-refractivity contribution in [3.05, 3.63) is 87.3 Å². The zero-order valence-corrected chi connectivity index (χ0v) is 16.3. The second-order valence-electron chi connectivity index (χ2n) is 5.76. The molecule has 0 aliphatic carbocycles. The van der Waals surface area contributed by atoms with Gasteiger partial charge < -0.3 is 15.4 Å². The molecule has 0 fully saturated rings. The van der Waals surface area contributed by atoms with Crippen molar-refractivity contribution in [2.45, 2.75) is 6.54 Å². The molecular weight excluding hydrogens is 419 g/mol. The lowest BCUT2D eigenvalue weighted by atomic mass is 10.2. The molecule has 2 N–H and O–H groups in total. The summed E-state index contributed by atoms with van der Waals surface area (Å²) >= 11 is 11.3. The largest absolute Gasteiger partial charge is 0.439 e. The number of nitro groups is 1. The number of aromatic nitrogens is 1. The van der Waals surface area contributed by atoms with Gasteiger partial charge in [0.1, 0.15) is 11.6 Å². The lowest BCUT2D eigenvalue weighted by Crippen LogP contribution is -2.28. The van der Waals surface area contributed by atoms with Crippen molar-refractivity contribution in [3.8, 4) is 11.6 Å². The van der Waals surface area contributed by atoms with Gasteiger partial charge >= 0.3 is 0 Å². The van der Waals surface area contributed by atoms with E-state index in [4.69, 9.17) is 28.6 Å². The van der Waals surface area contributed by atoms with E-state index in [-0.39, 0.29) is 22.4 Å². The summed E-state index contributed by atoms with van der Waals surface area (Å²) in [6.45, 7) is 0.247. The average molecular weight is 433 g/mol. The number of nitrogens with one attached hydrogen (secondary N) is 2. The van der Waals surface area contributed by atoms with Crippen LogP contribution in [-0.2, 0) is 6.54 Å². The Bertz CT molecular complexity index is 1070. The molecule has 0 unspecified atom stereocenters. The summed E-state index contributed by atoms with van der Waals surface area (Å²) in [7, 11) is 0. The molecule has 0 saturated carbocycles. The molecular formula is C19H14ClFN4O3S. The standard InChI is InChI=1S/C19H14ClFN4O3S/c20-16-7-6-14(25(26)27)10-17(16)24-19(29)23-11-12-3-2-8-22-18(12)28-15-5-1-4-13(21)9-15/h1-10H,11H2,(H2,23,24,29). The molecule has 29 heavy (non-hydrogen) atoms. The van der Waals surface area contributed by atoms with Crippen LogP contribution < -0.4 is 15.4 Å². The zero-order chi connectivity index (χ0) is 20.8. The van der Waals surface area contributed by atoms with Crippen molar-refractivity contribution >= 4 is 40.3 Å². The van der Waals surface area contributed by atoms with Gasteiger partial charge in [-0.15, -0.1) is 0 Å². The van der Waals surface area contributed by atoms with Crippen molar-refractivity contribution in [1.29, 1.82) is 0 Å². The summed E-state index contributed by atoms with van der Waals surface area (Å²) in [5, 5.41) is 17.2. The fourth-order valence-electron chi connectivity index (χ4n) is 2.36. The Kier molecular flexibility index (Phi) is 6.53. The molecule has 3 rings (SSSR count). The highest BCUT2D eigenvalue weighted by atomic mass is 35.5. The number of hydrogen-bond acceptors (Lipinski definition) is 5. The molecule has 7 nitrogen and oxygen atoms in total. The first-order chi connectivity index (χ1) is 13.9. The molecule has 1 aromatic heterocycles. The highest BCUT2D eigenvalue weighted by Gasteiger charge is 2.12. The van der Waals surface area contributed by atoms with Crippen LogP contribution >= 0.6 is 23.8 Å². The van der Waals surface area contributed by atoms with Crippen molar-refractivity contribution in [2.75, 3.05) is 5.32 Å². The first-order valence-corrected chi connectivity index (χ1v) is 9.07. The minimum atomic E-state index is -0.524. The molecule has 0 saturated heterocycles. The normalized spacial score (nSPS) is 10.3. The SMILES string of the molecule is O=[N+]([O-])c1ccc(Cl)c(NC(=S)NCc2cccnc2Oc2cccc(F)c2)c1. The average Bonchev–Trinajstić information content (AvgIpc) is 2.69. The van der Waals surface area contributed by atoms with Crippen molar-refractivity contribution in [3.63, 3.8) is 0 Å². The minimum Gasteiger partial charge on any atom is -0.439 e. The van der Waals surface area contributed by atoms with Gasteiger partial charge in [0.2, 0.25) is 5.88 Å². The maximum absolute atomic E-state index is 13.4. The Hall–Kier alpha value is -3.30. The molecule has 0 bridgehead atoms. The van der Waals surface area contributed by atoms with Gasteiger partial charge in [0.15, 0.2) is 5.11 Å². The molecule has 0 aliphatic rings. The van der Waals surface area contributed by atoms with E-state index < -0.39 is 10.7 Å². The van der Waals surface area contributed by atoms with Crippen LogP contribution in [-0.4, -0.2) is 15.0 Å². The summed E-state index contributed by atoms with van der Waals surface area (Å²) < 4.78 is 19.0. The van der Waals surface area contributed by atoms with Gasteiger partial charge in [-0.2, -0.15) is 0 Å². The van der Waals surface area contributed by atoms with Crippen LogP contribution in [0.5, 0.6) is 11.6 Å². The van der Waals surface area contributed by atoms with Crippen molar-refractivity contribution < 1.29 is 14.1 Å². The second kappa shape index (κ2) is 9.26. The third-order valence-corrected chi connectivity index (χ3v) is 4.28. The zero-order valence-electron chi connectivity index (χ0n) is 14.8. The third kappa shape index (κ3) is 5.59. The number of hydrogen-bond donors (Lipinski definition) is 2. The summed E-state index contributed by atoms with van der Waals surface area (Å²) in [5.74, 6) is 0.188. The molecule has 0 amide bonds. The summed E-state index contributed by atoms with van der Waals surface area (Å²) in [6.07, 6.45) is 1.55. The number of non-ortho nitro benzene ring substituents is 1. The van der Waals surface area contributed by atoms with Crippen LogP contribution in [0.3, 0.4) is 0 Å². The van der Waals surface area contributed by atoms with E-state index in [0.29, 0.717) is 22.9 Å². The smallest absolute Gasteiger partial charge is 0.271 e. The van der Waals surface area contributed by atoms with Gasteiger partial charge in [-0.25, -0.2) is 9.37 Å². The first kappa shape index (κ1) is 20.4. The van der Waals surface area contributed by atoms with Crippen LogP contribution in [0, 0.1) is 15.9 Å². The lowest BCUT2D eigenvalue weighted by molar-refractivity contribution is -0.384. The van der Waals surface area contributed by atoms with E-state index >= 15 is 0 Å². The molecule has 0 spiro atoms. The monoisotopic (exact) mass is 432 g/mol. The van der Waals surface area contributed by atoms with Gasteiger partial charge in [0.05, 0.1) is 15.6 Å². The molecule has 148 valence electrons. The predicted octanol–water partition coefficient (Wildman–Crippen LogP) is 5.06.